The summed E-state index contributed by atoms with van der Waals surface area (Å²) in [5.41, 5.74) is -0.0163. The van der Waals surface area contributed by atoms with E-state index in [9.17, 15) is 18.0 Å². The molecule has 3 rings (SSSR count). The Morgan fingerprint density at radius 3 is 2.56 bits per heavy atom. The molecule has 0 aliphatic carbocycles. The number of aromatic nitrogens is 2. The largest absolute Gasteiger partial charge is 0.408 e. The van der Waals surface area contributed by atoms with Crippen molar-refractivity contribution in [2.75, 3.05) is 32.8 Å². The Balaban J connectivity index is 1.50. The maximum Gasteiger partial charge on any atom is 0.408 e. The number of aliphatic hydroxyl groups excluding tert-OH is 1. The minimum Gasteiger partial charge on any atom is -0.396 e. The van der Waals surface area contributed by atoms with E-state index in [0.29, 0.717) is 19.0 Å². The molecule has 1 aromatic heterocycles. The third-order valence-electron chi connectivity index (χ3n) is 5.12. The molecule has 0 aromatic carbocycles. The summed E-state index contributed by atoms with van der Waals surface area (Å²) in [5.74, 6) is 0.170. The topological polar surface area (TPSA) is 61.6 Å². The van der Waals surface area contributed by atoms with Gasteiger partial charge < -0.3 is 10.0 Å². The number of alkyl halides is 3. The number of amides is 1. The summed E-state index contributed by atoms with van der Waals surface area (Å²) in [6, 6.07) is 1.61. The molecule has 0 saturated carbocycles. The van der Waals surface area contributed by atoms with E-state index >= 15 is 0 Å². The second-order valence-electron chi connectivity index (χ2n) is 6.84. The Kier molecular flexibility index (Phi) is 5.33. The van der Waals surface area contributed by atoms with Crippen LogP contribution in [0.25, 0.3) is 0 Å². The predicted octanol–water partition coefficient (Wildman–Crippen LogP) is 1.36. The first-order chi connectivity index (χ1) is 11.9. The van der Waals surface area contributed by atoms with Crippen molar-refractivity contribution < 1.29 is 23.1 Å². The van der Waals surface area contributed by atoms with Gasteiger partial charge in [-0.2, -0.15) is 18.3 Å². The molecule has 2 fully saturated rings. The van der Waals surface area contributed by atoms with Crippen molar-refractivity contribution in [2.45, 2.75) is 38.0 Å². The molecular weight excluding hydrogens is 337 g/mol. The van der Waals surface area contributed by atoms with Crippen molar-refractivity contribution >= 4 is 5.91 Å². The van der Waals surface area contributed by atoms with Crippen LogP contribution in [0.5, 0.6) is 0 Å². The molecule has 0 radical (unpaired) electrons. The maximum atomic E-state index is 12.5. The van der Waals surface area contributed by atoms with Gasteiger partial charge in [0.15, 0.2) is 0 Å². The van der Waals surface area contributed by atoms with Crippen molar-refractivity contribution in [3.8, 4) is 0 Å². The van der Waals surface area contributed by atoms with Crippen LogP contribution in [0.2, 0.25) is 0 Å². The zero-order valence-electron chi connectivity index (χ0n) is 14.0. The fraction of sp³-hybridized carbons (Fsp3) is 0.750. The molecule has 0 bridgehead atoms. The smallest absolute Gasteiger partial charge is 0.396 e. The zero-order valence-corrected chi connectivity index (χ0v) is 14.0. The normalized spacial score (nSPS) is 20.7. The summed E-state index contributed by atoms with van der Waals surface area (Å²) in [7, 11) is 0. The van der Waals surface area contributed by atoms with Gasteiger partial charge in [0.05, 0.1) is 0 Å². The zero-order chi connectivity index (χ0) is 18.0. The minimum absolute atomic E-state index is 0.0163. The van der Waals surface area contributed by atoms with Crippen molar-refractivity contribution in [2.24, 2.45) is 5.92 Å². The van der Waals surface area contributed by atoms with E-state index in [2.05, 4.69) is 10.00 Å². The molecule has 0 atom stereocenters. The van der Waals surface area contributed by atoms with Crippen LogP contribution in [0, 0.1) is 5.92 Å². The molecule has 0 unspecified atom stereocenters. The number of carbonyl (C=O) groups excluding carboxylic acids is 1. The first kappa shape index (κ1) is 18.2. The first-order valence-corrected chi connectivity index (χ1v) is 8.60. The molecule has 9 heteroatoms. The van der Waals surface area contributed by atoms with E-state index in [-0.39, 0.29) is 18.3 Å². The van der Waals surface area contributed by atoms with Crippen molar-refractivity contribution in [1.29, 1.82) is 0 Å². The molecule has 6 nitrogen and oxygen atoms in total. The summed E-state index contributed by atoms with van der Waals surface area (Å²) in [4.78, 5) is 16.3. The maximum absolute atomic E-state index is 12.5. The summed E-state index contributed by atoms with van der Waals surface area (Å²) in [6.45, 7) is 1.95. The molecule has 2 aliphatic rings. The molecule has 1 aromatic rings. The van der Waals surface area contributed by atoms with Crippen LogP contribution in [0.4, 0.5) is 13.2 Å². The van der Waals surface area contributed by atoms with Crippen LogP contribution in [-0.2, 0) is 6.54 Å². The van der Waals surface area contributed by atoms with Crippen LogP contribution in [-0.4, -0.2) is 75.6 Å². The molecule has 2 saturated heterocycles. The molecule has 1 N–H and O–H groups in total. The van der Waals surface area contributed by atoms with E-state index in [1.54, 1.807) is 4.90 Å². The lowest BCUT2D eigenvalue weighted by atomic mass is 9.92. The van der Waals surface area contributed by atoms with Crippen molar-refractivity contribution in [1.82, 2.24) is 19.6 Å². The number of halogens is 3. The number of hydrogen-bond donors (Lipinski definition) is 1. The second kappa shape index (κ2) is 7.33. The van der Waals surface area contributed by atoms with Gasteiger partial charge in [-0.05, 0) is 44.3 Å². The van der Waals surface area contributed by atoms with Gasteiger partial charge in [0.1, 0.15) is 12.2 Å². The summed E-state index contributed by atoms with van der Waals surface area (Å²) < 4.78 is 38.3. The van der Waals surface area contributed by atoms with Crippen LogP contribution in [0.3, 0.4) is 0 Å². The Morgan fingerprint density at radius 2 is 1.96 bits per heavy atom. The van der Waals surface area contributed by atoms with Gasteiger partial charge in [0.2, 0.25) is 0 Å². The molecule has 2 aliphatic heterocycles. The molecule has 0 spiro atoms. The van der Waals surface area contributed by atoms with Crippen LogP contribution in [0.1, 0.15) is 29.8 Å². The Hall–Kier alpha value is -1.61. The highest BCUT2D eigenvalue weighted by molar-refractivity contribution is 5.93. The fourth-order valence-corrected chi connectivity index (χ4v) is 3.61. The number of piperidine rings is 1. The lowest BCUT2D eigenvalue weighted by molar-refractivity contribution is -0.142. The molecule has 1 amide bonds. The van der Waals surface area contributed by atoms with Crippen LogP contribution < -0.4 is 0 Å². The van der Waals surface area contributed by atoms with E-state index in [4.69, 9.17) is 5.11 Å². The summed E-state index contributed by atoms with van der Waals surface area (Å²) in [5, 5.41) is 12.6. The minimum atomic E-state index is -4.41. The van der Waals surface area contributed by atoms with Crippen molar-refractivity contribution in [3.05, 3.63) is 18.0 Å². The Bertz CT molecular complexity index is 590. The second-order valence-corrected chi connectivity index (χ2v) is 6.84. The standard InChI is InChI=1S/C16H23F3N4O2/c17-16(18,19)11-23-14(1-5-20-23)15(25)22-9-13(10-22)21-6-2-12(3-7-21)4-8-24/h1,5,12-13,24H,2-4,6-11H2. The average Bonchev–Trinajstić information content (AvgIpc) is 2.93. The van der Waals surface area contributed by atoms with Gasteiger partial charge in [-0.15, -0.1) is 0 Å². The number of likely N-dealkylation sites (tertiary alicyclic amines) is 2. The van der Waals surface area contributed by atoms with E-state index in [1.165, 1.54) is 12.3 Å². The van der Waals surface area contributed by atoms with Crippen LogP contribution >= 0.6 is 0 Å². The number of carbonyl (C=O) groups is 1. The SMILES string of the molecule is O=C(c1ccnn1CC(F)(F)F)N1CC(N2CCC(CCO)CC2)C1. The number of hydrogen-bond acceptors (Lipinski definition) is 4. The van der Waals surface area contributed by atoms with E-state index in [0.717, 1.165) is 37.0 Å². The fourth-order valence-electron chi connectivity index (χ4n) is 3.61. The number of aliphatic hydroxyl groups is 1. The number of nitrogens with zero attached hydrogens (tertiary/aromatic N) is 4. The lowest BCUT2D eigenvalue weighted by Gasteiger charge is -2.47. The molecule has 3 heterocycles. The highest BCUT2D eigenvalue weighted by Gasteiger charge is 2.38. The summed E-state index contributed by atoms with van der Waals surface area (Å²) in [6.07, 6.45) is -0.251. The molecule has 25 heavy (non-hydrogen) atoms. The monoisotopic (exact) mass is 360 g/mol. The third kappa shape index (κ3) is 4.33. The third-order valence-corrected chi connectivity index (χ3v) is 5.12. The van der Waals surface area contributed by atoms with Gasteiger partial charge in [0.25, 0.3) is 5.91 Å². The lowest BCUT2D eigenvalue weighted by Crippen LogP contribution is -2.62. The van der Waals surface area contributed by atoms with Gasteiger partial charge in [-0.1, -0.05) is 0 Å². The van der Waals surface area contributed by atoms with E-state index in [1.807, 2.05) is 0 Å². The number of rotatable bonds is 5. The Morgan fingerprint density at radius 1 is 1.28 bits per heavy atom. The quantitative estimate of drug-likeness (QED) is 0.862. The molecular formula is C16H23F3N4O2. The van der Waals surface area contributed by atoms with Crippen molar-refractivity contribution in [3.63, 3.8) is 0 Å². The first-order valence-electron chi connectivity index (χ1n) is 8.60. The Labute approximate surface area is 144 Å². The highest BCUT2D eigenvalue weighted by Crippen LogP contribution is 2.26. The summed E-state index contributed by atoms with van der Waals surface area (Å²) >= 11 is 0. The van der Waals surface area contributed by atoms with Gasteiger partial charge >= 0.3 is 6.18 Å². The highest BCUT2D eigenvalue weighted by atomic mass is 19.4. The average molecular weight is 360 g/mol. The van der Waals surface area contributed by atoms with Gasteiger partial charge in [-0.3, -0.25) is 14.4 Å². The predicted molar refractivity (Wildman–Crippen MR) is 84.0 cm³/mol. The van der Waals surface area contributed by atoms with Gasteiger partial charge in [0, 0.05) is 31.9 Å². The van der Waals surface area contributed by atoms with Gasteiger partial charge in [-0.25, -0.2) is 0 Å². The molecule has 140 valence electrons. The van der Waals surface area contributed by atoms with Crippen LogP contribution in [0.15, 0.2) is 12.3 Å². The van der Waals surface area contributed by atoms with E-state index < -0.39 is 18.6 Å².